The van der Waals surface area contributed by atoms with Crippen molar-refractivity contribution in [2.45, 2.75) is 45.1 Å². The molecule has 0 saturated heterocycles. The molecule has 0 aromatic heterocycles. The van der Waals surface area contributed by atoms with Gasteiger partial charge in [0.2, 0.25) is 0 Å². The Bertz CT molecular complexity index is 384. The SMILES string of the molecule is CCC1(CNCC(O)c2ccc(F)cc2)CCCC1. The number of rotatable bonds is 6. The van der Waals surface area contributed by atoms with Crippen molar-refractivity contribution in [3.63, 3.8) is 0 Å². The molecule has 1 atom stereocenters. The lowest BCUT2D eigenvalue weighted by molar-refractivity contribution is 0.163. The Morgan fingerprint density at radius 3 is 2.47 bits per heavy atom. The molecule has 0 amide bonds. The minimum absolute atomic E-state index is 0.264. The van der Waals surface area contributed by atoms with E-state index >= 15 is 0 Å². The minimum Gasteiger partial charge on any atom is -0.387 e. The Hall–Kier alpha value is -0.930. The second-order valence-corrected chi connectivity index (χ2v) is 5.76. The molecule has 1 unspecified atom stereocenters. The Balaban J connectivity index is 1.80. The summed E-state index contributed by atoms with van der Waals surface area (Å²) in [6.07, 6.45) is 5.89. The molecule has 106 valence electrons. The first-order valence-corrected chi connectivity index (χ1v) is 7.29. The third kappa shape index (κ3) is 3.77. The topological polar surface area (TPSA) is 32.3 Å². The highest BCUT2D eigenvalue weighted by atomic mass is 19.1. The van der Waals surface area contributed by atoms with E-state index in [9.17, 15) is 9.50 Å². The van der Waals surface area contributed by atoms with Gasteiger partial charge in [0.05, 0.1) is 6.10 Å². The maximum atomic E-state index is 12.8. The number of hydrogen-bond acceptors (Lipinski definition) is 2. The van der Waals surface area contributed by atoms with E-state index in [1.54, 1.807) is 12.1 Å². The minimum atomic E-state index is -0.559. The van der Waals surface area contributed by atoms with E-state index < -0.39 is 6.10 Å². The van der Waals surface area contributed by atoms with Gasteiger partial charge in [0.15, 0.2) is 0 Å². The van der Waals surface area contributed by atoms with Crippen molar-refractivity contribution in [3.8, 4) is 0 Å². The van der Waals surface area contributed by atoms with E-state index in [-0.39, 0.29) is 5.82 Å². The second-order valence-electron chi connectivity index (χ2n) is 5.76. The van der Waals surface area contributed by atoms with Crippen molar-refractivity contribution in [1.82, 2.24) is 5.32 Å². The Kier molecular flexibility index (Phi) is 4.94. The van der Waals surface area contributed by atoms with E-state index in [0.29, 0.717) is 12.0 Å². The summed E-state index contributed by atoms with van der Waals surface area (Å²) in [5, 5.41) is 13.4. The predicted molar refractivity (Wildman–Crippen MR) is 75.4 cm³/mol. The second kappa shape index (κ2) is 6.49. The molecule has 0 bridgehead atoms. The summed E-state index contributed by atoms with van der Waals surface area (Å²) in [4.78, 5) is 0. The fourth-order valence-corrected chi connectivity index (χ4v) is 3.06. The molecule has 19 heavy (non-hydrogen) atoms. The number of halogens is 1. The summed E-state index contributed by atoms with van der Waals surface area (Å²) in [6, 6.07) is 6.08. The normalized spacial score (nSPS) is 19.5. The molecule has 3 heteroatoms. The van der Waals surface area contributed by atoms with Crippen LogP contribution in [0.3, 0.4) is 0 Å². The zero-order chi connectivity index (χ0) is 13.7. The van der Waals surface area contributed by atoms with Crippen molar-refractivity contribution < 1.29 is 9.50 Å². The predicted octanol–water partition coefficient (Wildman–Crippen LogP) is 3.42. The van der Waals surface area contributed by atoms with Gasteiger partial charge in [-0.2, -0.15) is 0 Å². The van der Waals surface area contributed by atoms with Gasteiger partial charge in [0.25, 0.3) is 0 Å². The Morgan fingerprint density at radius 1 is 1.26 bits per heavy atom. The zero-order valence-corrected chi connectivity index (χ0v) is 11.7. The van der Waals surface area contributed by atoms with Crippen molar-refractivity contribution in [2.75, 3.05) is 13.1 Å². The first kappa shape index (κ1) is 14.5. The van der Waals surface area contributed by atoms with Crippen molar-refractivity contribution in [1.29, 1.82) is 0 Å². The molecule has 1 aromatic rings. The number of aliphatic hydroxyl groups is 1. The smallest absolute Gasteiger partial charge is 0.123 e. The van der Waals surface area contributed by atoms with Gasteiger partial charge in [-0.25, -0.2) is 4.39 Å². The van der Waals surface area contributed by atoms with E-state index in [1.165, 1.54) is 44.2 Å². The maximum Gasteiger partial charge on any atom is 0.123 e. The molecule has 1 aliphatic carbocycles. The molecule has 1 aliphatic rings. The molecule has 0 spiro atoms. The van der Waals surface area contributed by atoms with Crippen LogP contribution in [0.1, 0.15) is 50.7 Å². The average Bonchev–Trinajstić information content (AvgIpc) is 2.89. The van der Waals surface area contributed by atoms with E-state index in [4.69, 9.17) is 0 Å². The van der Waals surface area contributed by atoms with Gasteiger partial charge in [-0.1, -0.05) is 31.9 Å². The summed E-state index contributed by atoms with van der Waals surface area (Å²) in [6.45, 7) is 3.76. The molecular formula is C16H24FNO. The van der Waals surface area contributed by atoms with Crippen LogP contribution in [0, 0.1) is 11.2 Å². The fourth-order valence-electron chi connectivity index (χ4n) is 3.06. The van der Waals surface area contributed by atoms with Crippen molar-refractivity contribution in [2.24, 2.45) is 5.41 Å². The molecule has 1 aromatic carbocycles. The highest BCUT2D eigenvalue weighted by Gasteiger charge is 2.31. The standard InChI is InChI=1S/C16H24FNO/c1-2-16(9-3-4-10-16)12-18-11-15(19)13-5-7-14(17)8-6-13/h5-8,15,18-19H,2-4,9-12H2,1H3. The molecule has 2 nitrogen and oxygen atoms in total. The van der Waals surface area contributed by atoms with Crippen LogP contribution in [-0.2, 0) is 0 Å². The lowest BCUT2D eigenvalue weighted by Gasteiger charge is -2.28. The van der Waals surface area contributed by atoms with E-state index in [1.807, 2.05) is 0 Å². The molecular weight excluding hydrogens is 241 g/mol. The van der Waals surface area contributed by atoms with Crippen LogP contribution in [-0.4, -0.2) is 18.2 Å². The lowest BCUT2D eigenvalue weighted by atomic mass is 9.83. The van der Waals surface area contributed by atoms with Crippen LogP contribution in [0.15, 0.2) is 24.3 Å². The third-order valence-corrected chi connectivity index (χ3v) is 4.51. The molecule has 2 N–H and O–H groups in total. The quantitative estimate of drug-likeness (QED) is 0.826. The average molecular weight is 265 g/mol. The number of nitrogens with one attached hydrogen (secondary N) is 1. The number of aliphatic hydroxyl groups excluding tert-OH is 1. The van der Waals surface area contributed by atoms with Gasteiger partial charge in [0, 0.05) is 13.1 Å². The summed E-state index contributed by atoms with van der Waals surface area (Å²) in [5.74, 6) is -0.264. The van der Waals surface area contributed by atoms with Crippen LogP contribution in [0.5, 0.6) is 0 Å². The van der Waals surface area contributed by atoms with Crippen molar-refractivity contribution in [3.05, 3.63) is 35.6 Å². The highest BCUT2D eigenvalue weighted by molar-refractivity contribution is 5.18. The molecule has 2 rings (SSSR count). The Morgan fingerprint density at radius 2 is 1.89 bits per heavy atom. The maximum absolute atomic E-state index is 12.8. The first-order valence-electron chi connectivity index (χ1n) is 7.29. The highest BCUT2D eigenvalue weighted by Crippen LogP contribution is 2.40. The van der Waals surface area contributed by atoms with E-state index in [0.717, 1.165) is 12.1 Å². The fraction of sp³-hybridized carbons (Fsp3) is 0.625. The van der Waals surface area contributed by atoms with Gasteiger partial charge >= 0.3 is 0 Å². The van der Waals surface area contributed by atoms with Crippen molar-refractivity contribution >= 4 is 0 Å². The number of hydrogen-bond donors (Lipinski definition) is 2. The van der Waals surface area contributed by atoms with Gasteiger partial charge in [-0.3, -0.25) is 0 Å². The largest absolute Gasteiger partial charge is 0.387 e. The first-order chi connectivity index (χ1) is 9.15. The summed E-state index contributed by atoms with van der Waals surface area (Å²) in [7, 11) is 0. The van der Waals surface area contributed by atoms with Gasteiger partial charge in [0.1, 0.15) is 5.82 Å². The monoisotopic (exact) mass is 265 g/mol. The molecule has 0 radical (unpaired) electrons. The van der Waals surface area contributed by atoms with Gasteiger partial charge < -0.3 is 10.4 Å². The van der Waals surface area contributed by atoms with Gasteiger partial charge in [-0.15, -0.1) is 0 Å². The van der Waals surface area contributed by atoms with Crippen LogP contribution in [0.25, 0.3) is 0 Å². The Labute approximate surface area is 115 Å². The molecule has 1 saturated carbocycles. The van der Waals surface area contributed by atoms with Crippen LogP contribution >= 0.6 is 0 Å². The van der Waals surface area contributed by atoms with Crippen LogP contribution in [0.2, 0.25) is 0 Å². The van der Waals surface area contributed by atoms with Crippen LogP contribution < -0.4 is 5.32 Å². The number of benzene rings is 1. The summed E-state index contributed by atoms with van der Waals surface area (Å²) < 4.78 is 12.8. The molecule has 0 aliphatic heterocycles. The lowest BCUT2D eigenvalue weighted by Crippen LogP contribution is -2.34. The summed E-state index contributed by atoms with van der Waals surface area (Å²) >= 11 is 0. The van der Waals surface area contributed by atoms with E-state index in [2.05, 4.69) is 12.2 Å². The zero-order valence-electron chi connectivity index (χ0n) is 11.7. The molecule has 0 heterocycles. The molecule has 1 fully saturated rings. The summed E-state index contributed by atoms with van der Waals surface area (Å²) in [5.41, 5.74) is 1.20. The third-order valence-electron chi connectivity index (χ3n) is 4.51. The van der Waals surface area contributed by atoms with Gasteiger partial charge in [-0.05, 0) is 42.4 Å². The van der Waals surface area contributed by atoms with Crippen LogP contribution in [0.4, 0.5) is 4.39 Å².